The Morgan fingerprint density at radius 1 is 1.17 bits per heavy atom. The number of rotatable bonds is 5. The molecule has 1 aliphatic rings. The molecule has 0 radical (unpaired) electrons. The summed E-state index contributed by atoms with van der Waals surface area (Å²) in [5.41, 5.74) is 0.810. The molecule has 23 heavy (non-hydrogen) atoms. The smallest absolute Gasteiger partial charge is 0.427 e. The van der Waals surface area contributed by atoms with Crippen LogP contribution in [0.1, 0.15) is 43.6 Å². The molecule has 0 bridgehead atoms. The van der Waals surface area contributed by atoms with E-state index in [-0.39, 0.29) is 11.7 Å². The molecule has 1 aromatic carbocycles. The molecule has 1 aliphatic carbocycles. The van der Waals surface area contributed by atoms with Crippen molar-refractivity contribution in [3.05, 3.63) is 29.8 Å². The largest absolute Gasteiger partial charge is 0.514 e. The predicted molar refractivity (Wildman–Crippen MR) is 75.2 cm³/mol. The average molecular weight is 334 g/mol. The van der Waals surface area contributed by atoms with Crippen LogP contribution in [0.5, 0.6) is 5.75 Å². The summed E-state index contributed by atoms with van der Waals surface area (Å²) in [7, 11) is 0. The predicted octanol–water partition coefficient (Wildman–Crippen LogP) is 5.15. The maximum absolute atomic E-state index is 12.7. The minimum Gasteiger partial charge on any atom is -0.427 e. The Bertz CT molecular complexity index is 528. The minimum absolute atomic E-state index is 0.227. The molecule has 0 unspecified atom stereocenters. The minimum atomic E-state index is -4.39. The molecule has 0 saturated heterocycles. The first kappa shape index (κ1) is 17.6. The molecule has 0 N–H and O–H groups in total. The van der Waals surface area contributed by atoms with Crippen LogP contribution in [0.4, 0.5) is 22.4 Å². The standard InChI is InChI=1S/C16H18F4O3/c17-14(18)16(19,20)10-22-15(21)23-13-9-5-4-8-12(13)11-6-2-1-3-7-11/h4-5,8-9,11,14H,1-3,6-7,10H2. The van der Waals surface area contributed by atoms with Crippen molar-refractivity contribution in [1.82, 2.24) is 0 Å². The third-order valence-corrected chi connectivity index (χ3v) is 3.86. The monoisotopic (exact) mass is 334 g/mol. The van der Waals surface area contributed by atoms with Gasteiger partial charge in [-0.1, -0.05) is 37.5 Å². The number of carbonyl (C=O) groups is 1. The molecule has 2 rings (SSSR count). The van der Waals surface area contributed by atoms with Gasteiger partial charge in [0.05, 0.1) is 0 Å². The molecule has 0 aromatic heterocycles. The molecule has 0 atom stereocenters. The second-order valence-electron chi connectivity index (χ2n) is 5.58. The van der Waals surface area contributed by atoms with Crippen LogP contribution >= 0.6 is 0 Å². The van der Waals surface area contributed by atoms with E-state index in [9.17, 15) is 22.4 Å². The van der Waals surface area contributed by atoms with Gasteiger partial charge in [-0.25, -0.2) is 13.6 Å². The highest BCUT2D eigenvalue weighted by Crippen LogP contribution is 2.37. The van der Waals surface area contributed by atoms with E-state index in [1.54, 1.807) is 12.1 Å². The van der Waals surface area contributed by atoms with Gasteiger partial charge in [0, 0.05) is 0 Å². The summed E-state index contributed by atoms with van der Waals surface area (Å²) in [4.78, 5) is 11.5. The number of hydrogen-bond donors (Lipinski definition) is 0. The summed E-state index contributed by atoms with van der Waals surface area (Å²) in [6.45, 7) is -1.71. The average Bonchev–Trinajstić information content (AvgIpc) is 2.54. The van der Waals surface area contributed by atoms with Crippen molar-refractivity contribution in [2.24, 2.45) is 0 Å². The lowest BCUT2D eigenvalue weighted by Gasteiger charge is -2.23. The van der Waals surface area contributed by atoms with Gasteiger partial charge >= 0.3 is 18.5 Å². The molecule has 0 heterocycles. The van der Waals surface area contributed by atoms with E-state index in [4.69, 9.17) is 4.74 Å². The number of alkyl halides is 4. The summed E-state index contributed by atoms with van der Waals surface area (Å²) in [5, 5.41) is 0. The first-order valence-electron chi connectivity index (χ1n) is 7.49. The van der Waals surface area contributed by atoms with Crippen LogP contribution in [-0.2, 0) is 4.74 Å². The van der Waals surface area contributed by atoms with Crippen molar-refractivity contribution < 1.29 is 31.8 Å². The number of carbonyl (C=O) groups excluding carboxylic acids is 1. The van der Waals surface area contributed by atoms with E-state index in [0.717, 1.165) is 37.7 Å². The number of para-hydroxylation sites is 1. The van der Waals surface area contributed by atoms with Crippen molar-refractivity contribution in [3.8, 4) is 5.75 Å². The lowest BCUT2D eigenvalue weighted by atomic mass is 9.84. The zero-order valence-electron chi connectivity index (χ0n) is 12.4. The molecule has 1 saturated carbocycles. The van der Waals surface area contributed by atoms with Crippen LogP contribution in [0.25, 0.3) is 0 Å². The summed E-state index contributed by atoms with van der Waals surface area (Å²) < 4.78 is 58.6. The Labute approximate surface area is 131 Å². The van der Waals surface area contributed by atoms with Gasteiger partial charge in [-0.05, 0) is 30.4 Å². The topological polar surface area (TPSA) is 35.5 Å². The highest BCUT2D eigenvalue weighted by atomic mass is 19.3. The maximum atomic E-state index is 12.7. The van der Waals surface area contributed by atoms with Crippen LogP contribution in [0.2, 0.25) is 0 Å². The fourth-order valence-electron chi connectivity index (χ4n) is 2.66. The molecule has 0 spiro atoms. The summed E-state index contributed by atoms with van der Waals surface area (Å²) in [6, 6.07) is 6.79. The van der Waals surface area contributed by atoms with Crippen molar-refractivity contribution in [2.45, 2.75) is 50.4 Å². The molecular formula is C16H18F4O3. The third-order valence-electron chi connectivity index (χ3n) is 3.86. The van der Waals surface area contributed by atoms with Crippen LogP contribution in [0, 0.1) is 0 Å². The second kappa shape index (κ2) is 7.66. The van der Waals surface area contributed by atoms with Gasteiger partial charge in [0.1, 0.15) is 5.75 Å². The van der Waals surface area contributed by atoms with Gasteiger partial charge in [0.2, 0.25) is 0 Å². The summed E-state index contributed by atoms with van der Waals surface area (Å²) in [6.07, 6.45) is -0.0886. The highest BCUT2D eigenvalue weighted by molar-refractivity contribution is 5.64. The van der Waals surface area contributed by atoms with E-state index in [0.29, 0.717) is 0 Å². The lowest BCUT2D eigenvalue weighted by Crippen LogP contribution is -2.34. The number of benzene rings is 1. The lowest BCUT2D eigenvalue weighted by molar-refractivity contribution is -0.156. The fourth-order valence-corrected chi connectivity index (χ4v) is 2.66. The first-order chi connectivity index (χ1) is 10.9. The Morgan fingerprint density at radius 3 is 2.48 bits per heavy atom. The Balaban J connectivity index is 1.98. The van der Waals surface area contributed by atoms with E-state index in [1.165, 1.54) is 6.07 Å². The Morgan fingerprint density at radius 2 is 1.83 bits per heavy atom. The molecule has 1 aromatic rings. The van der Waals surface area contributed by atoms with Crippen molar-refractivity contribution in [2.75, 3.05) is 6.61 Å². The second-order valence-corrected chi connectivity index (χ2v) is 5.58. The normalized spacial score (nSPS) is 16.4. The van der Waals surface area contributed by atoms with Gasteiger partial charge in [-0.15, -0.1) is 0 Å². The summed E-state index contributed by atoms with van der Waals surface area (Å²) in [5.74, 6) is -3.93. The first-order valence-corrected chi connectivity index (χ1v) is 7.49. The molecule has 3 nitrogen and oxygen atoms in total. The Kier molecular flexibility index (Phi) is 5.85. The molecule has 7 heteroatoms. The quantitative estimate of drug-likeness (QED) is 0.424. The van der Waals surface area contributed by atoms with Gasteiger partial charge in [-0.2, -0.15) is 8.78 Å². The molecule has 0 aliphatic heterocycles. The van der Waals surface area contributed by atoms with Crippen LogP contribution < -0.4 is 4.74 Å². The van der Waals surface area contributed by atoms with Gasteiger partial charge < -0.3 is 9.47 Å². The van der Waals surface area contributed by atoms with Gasteiger partial charge in [0.15, 0.2) is 6.61 Å². The molecule has 0 amide bonds. The highest BCUT2D eigenvalue weighted by Gasteiger charge is 2.42. The van der Waals surface area contributed by atoms with Crippen molar-refractivity contribution in [3.63, 3.8) is 0 Å². The zero-order chi connectivity index (χ0) is 16.9. The van der Waals surface area contributed by atoms with Crippen LogP contribution in [0.3, 0.4) is 0 Å². The van der Waals surface area contributed by atoms with Crippen molar-refractivity contribution in [1.29, 1.82) is 0 Å². The number of ether oxygens (including phenoxy) is 2. The SMILES string of the molecule is O=C(OCC(F)(F)C(F)F)Oc1ccccc1C1CCCCC1. The van der Waals surface area contributed by atoms with Gasteiger partial charge in [0.25, 0.3) is 0 Å². The van der Waals surface area contributed by atoms with E-state index in [1.807, 2.05) is 6.07 Å². The Hall–Kier alpha value is -1.79. The van der Waals surface area contributed by atoms with Crippen LogP contribution in [0.15, 0.2) is 24.3 Å². The molecule has 128 valence electrons. The third kappa shape index (κ3) is 4.84. The van der Waals surface area contributed by atoms with E-state index < -0.39 is 25.1 Å². The zero-order valence-corrected chi connectivity index (χ0v) is 12.4. The van der Waals surface area contributed by atoms with Gasteiger partial charge in [-0.3, -0.25) is 0 Å². The summed E-state index contributed by atoms with van der Waals surface area (Å²) >= 11 is 0. The molecular weight excluding hydrogens is 316 g/mol. The van der Waals surface area contributed by atoms with Crippen molar-refractivity contribution >= 4 is 6.16 Å². The number of hydrogen-bond acceptors (Lipinski definition) is 3. The maximum Gasteiger partial charge on any atom is 0.514 e. The van der Waals surface area contributed by atoms with E-state index >= 15 is 0 Å². The number of halogens is 4. The fraction of sp³-hybridized carbons (Fsp3) is 0.562. The van der Waals surface area contributed by atoms with E-state index in [2.05, 4.69) is 4.74 Å². The molecule has 1 fully saturated rings. The van der Waals surface area contributed by atoms with Crippen LogP contribution in [-0.4, -0.2) is 25.1 Å².